The zero-order valence-electron chi connectivity index (χ0n) is 13.0. The van der Waals surface area contributed by atoms with Gasteiger partial charge in [-0.05, 0) is 50.3 Å². The minimum Gasteiger partial charge on any atom is -0.293 e. The Morgan fingerprint density at radius 3 is 2.45 bits per heavy atom. The van der Waals surface area contributed by atoms with Crippen molar-refractivity contribution in [2.75, 3.05) is 13.1 Å². The van der Waals surface area contributed by atoms with Crippen molar-refractivity contribution in [3.05, 3.63) is 35.9 Å². The van der Waals surface area contributed by atoms with E-state index < -0.39 is 0 Å². The lowest BCUT2D eigenvalue weighted by molar-refractivity contribution is -0.0195. The molecule has 1 saturated carbocycles. The van der Waals surface area contributed by atoms with Crippen LogP contribution in [-0.4, -0.2) is 18.0 Å². The smallest absolute Gasteiger partial charge is 0.0488 e. The predicted molar refractivity (Wildman–Crippen MR) is 85.8 cm³/mol. The van der Waals surface area contributed by atoms with Gasteiger partial charge in [0.2, 0.25) is 0 Å². The summed E-state index contributed by atoms with van der Waals surface area (Å²) < 4.78 is 0. The van der Waals surface area contributed by atoms with Gasteiger partial charge < -0.3 is 0 Å². The fourth-order valence-corrected chi connectivity index (χ4v) is 4.77. The van der Waals surface area contributed by atoms with Gasteiger partial charge in [-0.1, -0.05) is 62.9 Å². The molecule has 2 aliphatic rings. The Morgan fingerprint density at radius 1 is 1.00 bits per heavy atom. The van der Waals surface area contributed by atoms with Crippen LogP contribution in [0.4, 0.5) is 0 Å². The van der Waals surface area contributed by atoms with Crippen LogP contribution >= 0.6 is 0 Å². The van der Waals surface area contributed by atoms with E-state index in [4.69, 9.17) is 0 Å². The third kappa shape index (κ3) is 2.41. The van der Waals surface area contributed by atoms with Crippen LogP contribution in [0.25, 0.3) is 0 Å². The largest absolute Gasteiger partial charge is 0.293 e. The molecule has 1 aliphatic heterocycles. The zero-order chi connectivity index (χ0) is 13.8. The summed E-state index contributed by atoms with van der Waals surface area (Å²) in [6.07, 6.45) is 11.2. The standard InChI is InChI=1S/C19H29N/c1-2-17-11-7-8-14-19(17,18-12-5-3-6-13-18)20-15-9-4-10-16-20/h3,5-6,12-13,17H,2,4,7-11,14-16H2,1H3. The molecule has 2 atom stereocenters. The highest BCUT2D eigenvalue weighted by atomic mass is 15.2. The number of piperidine rings is 1. The number of rotatable bonds is 3. The van der Waals surface area contributed by atoms with Crippen molar-refractivity contribution in [3.63, 3.8) is 0 Å². The average molecular weight is 271 g/mol. The molecule has 1 nitrogen and oxygen atoms in total. The first-order valence-electron chi connectivity index (χ1n) is 8.68. The van der Waals surface area contributed by atoms with E-state index in [9.17, 15) is 0 Å². The van der Waals surface area contributed by atoms with Crippen molar-refractivity contribution in [1.82, 2.24) is 4.90 Å². The van der Waals surface area contributed by atoms with Crippen LogP contribution in [0.2, 0.25) is 0 Å². The lowest BCUT2D eigenvalue weighted by Crippen LogP contribution is -2.54. The Bertz CT molecular complexity index is 407. The van der Waals surface area contributed by atoms with Gasteiger partial charge in [0.1, 0.15) is 0 Å². The van der Waals surface area contributed by atoms with E-state index in [-0.39, 0.29) is 0 Å². The molecule has 0 N–H and O–H groups in total. The van der Waals surface area contributed by atoms with E-state index in [0.717, 1.165) is 5.92 Å². The summed E-state index contributed by atoms with van der Waals surface area (Å²) in [4.78, 5) is 2.86. The van der Waals surface area contributed by atoms with Crippen LogP contribution in [0.5, 0.6) is 0 Å². The van der Waals surface area contributed by atoms with Crippen LogP contribution in [0.3, 0.4) is 0 Å². The molecule has 1 aromatic carbocycles. The van der Waals surface area contributed by atoms with Gasteiger partial charge in [-0.15, -0.1) is 0 Å². The summed E-state index contributed by atoms with van der Waals surface area (Å²) in [6, 6.07) is 11.4. The summed E-state index contributed by atoms with van der Waals surface area (Å²) in [5.41, 5.74) is 1.93. The van der Waals surface area contributed by atoms with Gasteiger partial charge in [0.05, 0.1) is 0 Å². The van der Waals surface area contributed by atoms with E-state index in [1.54, 1.807) is 5.56 Å². The highest BCUT2D eigenvalue weighted by Gasteiger charge is 2.45. The Balaban J connectivity index is 2.01. The molecular formula is C19H29N. The summed E-state index contributed by atoms with van der Waals surface area (Å²) >= 11 is 0. The molecule has 1 heterocycles. The number of benzene rings is 1. The van der Waals surface area contributed by atoms with Crippen molar-refractivity contribution in [3.8, 4) is 0 Å². The Hall–Kier alpha value is -0.820. The molecule has 20 heavy (non-hydrogen) atoms. The first-order chi connectivity index (χ1) is 9.88. The van der Waals surface area contributed by atoms with Gasteiger partial charge in [0, 0.05) is 5.54 Å². The average Bonchev–Trinajstić information content (AvgIpc) is 2.56. The molecule has 0 spiro atoms. The van der Waals surface area contributed by atoms with E-state index in [2.05, 4.69) is 42.2 Å². The van der Waals surface area contributed by atoms with E-state index >= 15 is 0 Å². The summed E-state index contributed by atoms with van der Waals surface area (Å²) in [5, 5.41) is 0. The van der Waals surface area contributed by atoms with Crippen molar-refractivity contribution in [2.24, 2.45) is 5.92 Å². The molecule has 110 valence electrons. The summed E-state index contributed by atoms with van der Waals surface area (Å²) in [7, 11) is 0. The first-order valence-corrected chi connectivity index (χ1v) is 8.68. The van der Waals surface area contributed by atoms with E-state index in [0.29, 0.717) is 5.54 Å². The van der Waals surface area contributed by atoms with Gasteiger partial charge in [0.25, 0.3) is 0 Å². The van der Waals surface area contributed by atoms with Gasteiger partial charge >= 0.3 is 0 Å². The minimum absolute atomic E-state index is 0.342. The molecule has 2 unspecified atom stereocenters. The quantitative estimate of drug-likeness (QED) is 0.750. The molecule has 0 bridgehead atoms. The zero-order valence-corrected chi connectivity index (χ0v) is 13.0. The molecule has 0 radical (unpaired) electrons. The fraction of sp³-hybridized carbons (Fsp3) is 0.684. The second-order valence-electron chi connectivity index (χ2n) is 6.69. The molecule has 2 fully saturated rings. The van der Waals surface area contributed by atoms with Gasteiger partial charge in [-0.25, -0.2) is 0 Å². The van der Waals surface area contributed by atoms with E-state index in [1.807, 2.05) is 0 Å². The topological polar surface area (TPSA) is 3.24 Å². The molecule has 1 heteroatoms. The number of hydrogen-bond acceptors (Lipinski definition) is 1. The maximum atomic E-state index is 2.86. The number of hydrogen-bond donors (Lipinski definition) is 0. The SMILES string of the molecule is CCC1CCCCC1(c1ccccc1)N1CCCCC1. The number of nitrogens with zero attached hydrogens (tertiary/aromatic N) is 1. The maximum Gasteiger partial charge on any atom is 0.0488 e. The van der Waals surface area contributed by atoms with E-state index in [1.165, 1.54) is 64.5 Å². The van der Waals surface area contributed by atoms with Gasteiger partial charge in [-0.3, -0.25) is 4.90 Å². The van der Waals surface area contributed by atoms with Crippen LogP contribution in [-0.2, 0) is 5.54 Å². The Labute approximate surface area is 124 Å². The maximum absolute atomic E-state index is 2.86. The van der Waals surface area contributed by atoms with Crippen molar-refractivity contribution in [1.29, 1.82) is 0 Å². The minimum atomic E-state index is 0.342. The van der Waals surface area contributed by atoms with Crippen molar-refractivity contribution < 1.29 is 0 Å². The molecule has 1 aromatic rings. The second-order valence-corrected chi connectivity index (χ2v) is 6.69. The second kappa shape index (κ2) is 6.30. The predicted octanol–water partition coefficient (Wildman–Crippen LogP) is 4.97. The van der Waals surface area contributed by atoms with Gasteiger partial charge in [0.15, 0.2) is 0 Å². The van der Waals surface area contributed by atoms with Crippen LogP contribution in [0.15, 0.2) is 30.3 Å². The normalized spacial score (nSPS) is 32.1. The van der Waals surface area contributed by atoms with Crippen LogP contribution in [0, 0.1) is 5.92 Å². The molecule has 1 aliphatic carbocycles. The lowest BCUT2D eigenvalue weighted by Gasteiger charge is -2.53. The highest BCUT2D eigenvalue weighted by molar-refractivity contribution is 5.27. The summed E-state index contributed by atoms with van der Waals surface area (Å²) in [5.74, 6) is 0.844. The van der Waals surface area contributed by atoms with Crippen molar-refractivity contribution in [2.45, 2.75) is 63.8 Å². The highest BCUT2D eigenvalue weighted by Crippen LogP contribution is 2.48. The Morgan fingerprint density at radius 2 is 1.75 bits per heavy atom. The first kappa shape index (κ1) is 14.1. The fourth-order valence-electron chi connectivity index (χ4n) is 4.77. The third-order valence-corrected chi connectivity index (χ3v) is 5.72. The lowest BCUT2D eigenvalue weighted by atomic mass is 9.66. The summed E-state index contributed by atoms with van der Waals surface area (Å²) in [6.45, 7) is 5.02. The molecular weight excluding hydrogens is 242 g/mol. The third-order valence-electron chi connectivity index (χ3n) is 5.72. The van der Waals surface area contributed by atoms with Crippen LogP contribution in [0.1, 0.15) is 63.9 Å². The van der Waals surface area contributed by atoms with Crippen LogP contribution < -0.4 is 0 Å². The molecule has 1 saturated heterocycles. The molecule has 0 aromatic heterocycles. The monoisotopic (exact) mass is 271 g/mol. The van der Waals surface area contributed by atoms with Gasteiger partial charge in [-0.2, -0.15) is 0 Å². The Kier molecular flexibility index (Phi) is 4.45. The molecule has 0 amide bonds. The number of likely N-dealkylation sites (tertiary alicyclic amines) is 1. The van der Waals surface area contributed by atoms with Crippen molar-refractivity contribution >= 4 is 0 Å². The molecule has 3 rings (SSSR count).